The van der Waals surface area contributed by atoms with Gasteiger partial charge in [-0.2, -0.15) is 13.2 Å². The van der Waals surface area contributed by atoms with Crippen LogP contribution in [0.2, 0.25) is 0 Å². The molecule has 0 fully saturated rings. The maximum atomic E-state index is 14.3. The van der Waals surface area contributed by atoms with Crippen molar-refractivity contribution in [2.24, 2.45) is 0 Å². The Hall–Kier alpha value is -1.40. The zero-order valence-corrected chi connectivity index (χ0v) is 12.4. The third-order valence-electron chi connectivity index (χ3n) is 3.26. The van der Waals surface area contributed by atoms with Gasteiger partial charge in [0.25, 0.3) is 0 Å². The molecule has 1 atom stereocenters. The second kappa shape index (κ2) is 6.15. The average molecular weight is 317 g/mol. The zero-order chi connectivity index (χ0) is 15.6. The van der Waals surface area contributed by atoms with Crippen molar-refractivity contribution in [3.8, 4) is 0 Å². The van der Waals surface area contributed by atoms with Crippen molar-refractivity contribution in [2.45, 2.75) is 26.1 Å². The number of benzene rings is 1. The van der Waals surface area contributed by atoms with E-state index in [-0.39, 0.29) is 5.56 Å². The highest BCUT2D eigenvalue weighted by Gasteiger charge is 2.36. The number of hydrogen-bond donors (Lipinski definition) is 1. The predicted octanol–water partition coefficient (Wildman–Crippen LogP) is 4.91. The van der Waals surface area contributed by atoms with E-state index in [2.05, 4.69) is 5.32 Å². The highest BCUT2D eigenvalue weighted by atomic mass is 32.1. The van der Waals surface area contributed by atoms with Crippen LogP contribution in [0.1, 0.15) is 34.5 Å². The Morgan fingerprint density at radius 1 is 1.19 bits per heavy atom. The molecule has 0 saturated heterocycles. The van der Waals surface area contributed by atoms with Crippen LogP contribution in [0.5, 0.6) is 0 Å². The van der Waals surface area contributed by atoms with Crippen LogP contribution in [0.25, 0.3) is 0 Å². The van der Waals surface area contributed by atoms with Crippen molar-refractivity contribution >= 4 is 11.3 Å². The summed E-state index contributed by atoms with van der Waals surface area (Å²) in [7, 11) is 0. The summed E-state index contributed by atoms with van der Waals surface area (Å²) in [4.78, 5) is 0.956. The van der Waals surface area contributed by atoms with E-state index in [9.17, 15) is 17.6 Å². The molecule has 1 unspecified atom stereocenters. The second-order valence-corrected chi connectivity index (χ2v) is 5.75. The first kappa shape index (κ1) is 16.0. The fourth-order valence-electron chi connectivity index (χ4n) is 2.28. The normalized spacial score (nSPS) is 13.4. The standard InChI is InChI=1S/C15H15F4NS/c1-3-20-14(10-7-8-21-9(10)2)11-5-4-6-12(13(11)16)15(17,18)19/h4-8,14,20H,3H2,1-2H3. The van der Waals surface area contributed by atoms with Gasteiger partial charge in [0, 0.05) is 10.4 Å². The van der Waals surface area contributed by atoms with Gasteiger partial charge in [0.15, 0.2) is 0 Å². The third kappa shape index (κ3) is 3.27. The molecule has 1 aromatic carbocycles. The number of thiophene rings is 1. The molecule has 1 nitrogen and oxygen atoms in total. The molecule has 0 aliphatic heterocycles. The minimum absolute atomic E-state index is 0.0215. The Bertz CT molecular complexity index is 618. The molecule has 21 heavy (non-hydrogen) atoms. The molecule has 0 saturated carbocycles. The van der Waals surface area contributed by atoms with Crippen LogP contribution >= 0.6 is 11.3 Å². The number of rotatable bonds is 4. The number of hydrogen-bond acceptors (Lipinski definition) is 2. The Balaban J connectivity index is 2.54. The topological polar surface area (TPSA) is 12.0 Å². The van der Waals surface area contributed by atoms with E-state index < -0.39 is 23.6 Å². The van der Waals surface area contributed by atoms with Gasteiger partial charge in [0.2, 0.25) is 0 Å². The van der Waals surface area contributed by atoms with Crippen molar-refractivity contribution in [3.05, 3.63) is 57.0 Å². The van der Waals surface area contributed by atoms with E-state index in [0.29, 0.717) is 6.54 Å². The highest BCUT2D eigenvalue weighted by molar-refractivity contribution is 7.10. The predicted molar refractivity (Wildman–Crippen MR) is 76.0 cm³/mol. The summed E-state index contributed by atoms with van der Waals surface area (Å²) >= 11 is 1.48. The van der Waals surface area contributed by atoms with Crippen molar-refractivity contribution in [3.63, 3.8) is 0 Å². The average Bonchev–Trinajstić information content (AvgIpc) is 2.81. The summed E-state index contributed by atoms with van der Waals surface area (Å²) in [6.07, 6.45) is -4.69. The molecule has 6 heteroatoms. The molecular weight excluding hydrogens is 302 g/mol. The minimum Gasteiger partial charge on any atom is -0.306 e. The Labute approximate surface area is 124 Å². The number of aryl methyl sites for hydroxylation is 1. The van der Waals surface area contributed by atoms with Gasteiger partial charge in [-0.05, 0) is 36.5 Å². The largest absolute Gasteiger partial charge is 0.419 e. The van der Waals surface area contributed by atoms with Gasteiger partial charge in [-0.1, -0.05) is 19.1 Å². The molecule has 2 aromatic rings. The van der Waals surface area contributed by atoms with Crippen LogP contribution in [0.4, 0.5) is 17.6 Å². The summed E-state index contributed by atoms with van der Waals surface area (Å²) in [6, 6.07) is 4.64. The maximum absolute atomic E-state index is 14.3. The van der Waals surface area contributed by atoms with Crippen LogP contribution in [0.3, 0.4) is 0 Å². The molecule has 1 heterocycles. The van der Waals surface area contributed by atoms with Gasteiger partial charge in [-0.3, -0.25) is 0 Å². The van der Waals surface area contributed by atoms with Gasteiger partial charge in [-0.15, -0.1) is 11.3 Å². The fraction of sp³-hybridized carbons (Fsp3) is 0.333. The van der Waals surface area contributed by atoms with Crippen molar-refractivity contribution < 1.29 is 17.6 Å². The van der Waals surface area contributed by atoms with Crippen LogP contribution < -0.4 is 5.32 Å². The molecule has 0 amide bonds. The van der Waals surface area contributed by atoms with E-state index in [4.69, 9.17) is 0 Å². The molecule has 0 aliphatic carbocycles. The molecule has 2 rings (SSSR count). The third-order valence-corrected chi connectivity index (χ3v) is 4.12. The van der Waals surface area contributed by atoms with Gasteiger partial charge in [0.05, 0.1) is 11.6 Å². The molecule has 114 valence electrons. The first-order chi connectivity index (χ1) is 9.86. The quantitative estimate of drug-likeness (QED) is 0.790. The SMILES string of the molecule is CCNC(c1ccsc1C)c1cccc(C(F)(F)F)c1F. The first-order valence-corrected chi connectivity index (χ1v) is 7.37. The van der Waals surface area contributed by atoms with Gasteiger partial charge in [-0.25, -0.2) is 4.39 Å². The summed E-state index contributed by atoms with van der Waals surface area (Å²) in [6.45, 7) is 4.23. The molecule has 0 bridgehead atoms. The Morgan fingerprint density at radius 3 is 2.43 bits per heavy atom. The van der Waals surface area contributed by atoms with Crippen LogP contribution in [-0.4, -0.2) is 6.54 Å². The molecule has 0 radical (unpaired) electrons. The molecule has 1 aromatic heterocycles. The summed E-state index contributed by atoms with van der Waals surface area (Å²) in [5, 5.41) is 4.91. The number of halogens is 4. The number of alkyl halides is 3. The minimum atomic E-state index is -4.69. The van der Waals surface area contributed by atoms with E-state index in [1.54, 1.807) is 0 Å². The molecular formula is C15H15F4NS. The number of nitrogens with one attached hydrogen (secondary N) is 1. The van der Waals surface area contributed by atoms with Crippen molar-refractivity contribution in [1.82, 2.24) is 5.32 Å². The second-order valence-electron chi connectivity index (χ2n) is 4.63. The van der Waals surface area contributed by atoms with E-state index in [0.717, 1.165) is 16.5 Å². The highest BCUT2D eigenvalue weighted by Crippen LogP contribution is 2.36. The Kier molecular flexibility index (Phi) is 4.68. The van der Waals surface area contributed by atoms with Crippen LogP contribution in [-0.2, 0) is 6.18 Å². The monoisotopic (exact) mass is 317 g/mol. The molecule has 0 spiro atoms. The van der Waals surface area contributed by atoms with Crippen LogP contribution in [0.15, 0.2) is 29.6 Å². The van der Waals surface area contributed by atoms with Gasteiger partial charge < -0.3 is 5.32 Å². The maximum Gasteiger partial charge on any atom is 0.419 e. The van der Waals surface area contributed by atoms with Crippen molar-refractivity contribution in [1.29, 1.82) is 0 Å². The first-order valence-electron chi connectivity index (χ1n) is 6.49. The fourth-order valence-corrected chi connectivity index (χ4v) is 3.02. The summed E-state index contributed by atoms with van der Waals surface area (Å²) in [5.41, 5.74) is -0.399. The zero-order valence-electron chi connectivity index (χ0n) is 11.6. The van der Waals surface area contributed by atoms with Crippen molar-refractivity contribution in [2.75, 3.05) is 6.54 Å². The smallest absolute Gasteiger partial charge is 0.306 e. The lowest BCUT2D eigenvalue weighted by molar-refractivity contribution is -0.140. The van der Waals surface area contributed by atoms with Crippen LogP contribution in [0, 0.1) is 12.7 Å². The summed E-state index contributed by atoms with van der Waals surface area (Å²) < 4.78 is 52.8. The Morgan fingerprint density at radius 2 is 1.90 bits per heavy atom. The van der Waals surface area contributed by atoms with E-state index >= 15 is 0 Å². The molecule has 1 N–H and O–H groups in total. The van der Waals surface area contributed by atoms with E-state index in [1.165, 1.54) is 23.5 Å². The summed E-state index contributed by atoms with van der Waals surface area (Å²) in [5.74, 6) is -1.21. The lowest BCUT2D eigenvalue weighted by Gasteiger charge is -2.21. The molecule has 0 aliphatic rings. The van der Waals surface area contributed by atoms with Gasteiger partial charge in [0.1, 0.15) is 5.82 Å². The lowest BCUT2D eigenvalue weighted by atomic mass is 9.96. The van der Waals surface area contributed by atoms with Gasteiger partial charge >= 0.3 is 6.18 Å². The van der Waals surface area contributed by atoms with E-state index in [1.807, 2.05) is 25.3 Å². The lowest BCUT2D eigenvalue weighted by Crippen LogP contribution is -2.24.